The first-order valence-electron chi connectivity index (χ1n) is 5.86. The van der Waals surface area contributed by atoms with Crippen LogP contribution in [0.15, 0.2) is 41.2 Å². The molecule has 0 unspecified atom stereocenters. The fraction of sp³-hybridized carbons (Fsp3) is 0.133. The smallest absolute Gasteiger partial charge is 0.196 e. The quantitative estimate of drug-likeness (QED) is 0.679. The molecule has 0 spiro atoms. The van der Waals surface area contributed by atoms with Gasteiger partial charge in [0, 0.05) is 26.7 Å². The first kappa shape index (κ1) is 11.4. The fourth-order valence-corrected chi connectivity index (χ4v) is 3.45. The largest absolute Gasteiger partial charge is 0.326 e. The highest BCUT2D eigenvalue weighted by atomic mass is 32.1. The number of rotatable bonds is 1. The molecule has 1 heterocycles. The highest BCUT2D eigenvalue weighted by molar-refractivity contribution is 7.24. The monoisotopic (exact) mass is 255 g/mol. The van der Waals surface area contributed by atoms with E-state index in [1.54, 1.807) is 11.3 Å². The van der Waals surface area contributed by atoms with Crippen molar-refractivity contribution in [3.8, 4) is 0 Å². The minimum Gasteiger partial charge on any atom is -0.326 e. The molecule has 3 heteroatoms. The van der Waals surface area contributed by atoms with Crippen molar-refractivity contribution in [1.29, 1.82) is 0 Å². The maximum Gasteiger partial charge on any atom is 0.196 e. The van der Waals surface area contributed by atoms with Crippen LogP contribution in [0.1, 0.15) is 11.1 Å². The summed E-state index contributed by atoms with van der Waals surface area (Å²) in [6.45, 7) is 2.45. The van der Waals surface area contributed by atoms with Crippen LogP contribution in [0.5, 0.6) is 0 Å². The molecule has 0 amide bonds. The van der Waals surface area contributed by atoms with E-state index in [2.05, 4.69) is 0 Å². The molecule has 18 heavy (non-hydrogen) atoms. The minimum atomic E-state index is 0.118. The van der Waals surface area contributed by atoms with Crippen molar-refractivity contribution in [2.24, 2.45) is 5.73 Å². The van der Waals surface area contributed by atoms with E-state index in [0.717, 1.165) is 31.3 Å². The van der Waals surface area contributed by atoms with Crippen molar-refractivity contribution in [2.45, 2.75) is 13.5 Å². The average Bonchev–Trinajstić information content (AvgIpc) is 2.39. The molecule has 2 N–H and O–H groups in total. The normalized spacial score (nSPS) is 11.2. The van der Waals surface area contributed by atoms with Crippen LogP contribution >= 0.6 is 11.3 Å². The van der Waals surface area contributed by atoms with Gasteiger partial charge in [0.25, 0.3) is 0 Å². The van der Waals surface area contributed by atoms with Gasteiger partial charge in [0.1, 0.15) is 0 Å². The van der Waals surface area contributed by atoms with E-state index in [9.17, 15) is 4.79 Å². The van der Waals surface area contributed by atoms with Gasteiger partial charge in [-0.05, 0) is 36.2 Å². The lowest BCUT2D eigenvalue weighted by Crippen LogP contribution is -2.06. The number of aryl methyl sites for hydroxylation is 1. The highest BCUT2D eigenvalue weighted by Gasteiger charge is 2.09. The van der Waals surface area contributed by atoms with Crippen molar-refractivity contribution in [2.75, 3.05) is 0 Å². The van der Waals surface area contributed by atoms with Crippen LogP contribution < -0.4 is 11.2 Å². The lowest BCUT2D eigenvalue weighted by atomic mass is 10.0. The van der Waals surface area contributed by atoms with Crippen molar-refractivity contribution in [3.63, 3.8) is 0 Å². The van der Waals surface area contributed by atoms with E-state index in [-0.39, 0.29) is 5.43 Å². The van der Waals surface area contributed by atoms with Gasteiger partial charge in [-0.3, -0.25) is 4.79 Å². The Bertz CT molecular complexity index is 805. The van der Waals surface area contributed by atoms with Crippen molar-refractivity contribution < 1.29 is 0 Å². The van der Waals surface area contributed by atoms with Gasteiger partial charge in [0.2, 0.25) is 0 Å². The van der Waals surface area contributed by atoms with Crippen LogP contribution in [0.25, 0.3) is 20.2 Å². The highest BCUT2D eigenvalue weighted by Crippen LogP contribution is 2.27. The molecule has 3 aromatic rings. The molecule has 0 aliphatic heterocycles. The number of fused-ring (bicyclic) bond motifs is 2. The van der Waals surface area contributed by atoms with Crippen LogP contribution in [0.3, 0.4) is 0 Å². The van der Waals surface area contributed by atoms with Crippen LogP contribution in [0.4, 0.5) is 0 Å². The van der Waals surface area contributed by atoms with E-state index in [0.29, 0.717) is 6.54 Å². The van der Waals surface area contributed by atoms with Gasteiger partial charge in [-0.2, -0.15) is 0 Å². The molecule has 0 radical (unpaired) electrons. The lowest BCUT2D eigenvalue weighted by molar-refractivity contribution is 1.06. The summed E-state index contributed by atoms with van der Waals surface area (Å²) in [5.74, 6) is 0. The number of nitrogens with two attached hydrogens (primary N) is 1. The summed E-state index contributed by atoms with van der Waals surface area (Å²) in [4.78, 5) is 12.5. The van der Waals surface area contributed by atoms with Gasteiger partial charge in [-0.25, -0.2) is 0 Å². The summed E-state index contributed by atoms with van der Waals surface area (Å²) in [7, 11) is 0. The average molecular weight is 255 g/mol. The SMILES string of the molecule is Cc1c(CN)ccc2sc3ccccc3c(=O)c12. The topological polar surface area (TPSA) is 43.1 Å². The third kappa shape index (κ3) is 1.55. The number of hydrogen-bond acceptors (Lipinski definition) is 3. The fourth-order valence-electron chi connectivity index (χ4n) is 2.31. The van der Waals surface area contributed by atoms with Crippen LogP contribution in [0.2, 0.25) is 0 Å². The molecule has 1 aromatic heterocycles. The Morgan fingerprint density at radius 3 is 2.67 bits per heavy atom. The third-order valence-electron chi connectivity index (χ3n) is 3.34. The number of benzene rings is 2. The van der Waals surface area contributed by atoms with Gasteiger partial charge in [-0.1, -0.05) is 18.2 Å². The summed E-state index contributed by atoms with van der Waals surface area (Å²) >= 11 is 1.66. The van der Waals surface area contributed by atoms with Gasteiger partial charge < -0.3 is 5.73 Å². The van der Waals surface area contributed by atoms with Crippen LogP contribution in [0, 0.1) is 6.92 Å². The predicted octanol–water partition coefficient (Wildman–Crippen LogP) is 3.18. The summed E-state index contributed by atoms with van der Waals surface area (Å²) in [6.07, 6.45) is 0. The molecule has 90 valence electrons. The second-order valence-electron chi connectivity index (χ2n) is 4.35. The molecule has 0 aliphatic carbocycles. The molecule has 0 saturated carbocycles. The summed E-state index contributed by atoms with van der Waals surface area (Å²) in [5, 5.41) is 1.62. The molecule has 3 rings (SSSR count). The second kappa shape index (κ2) is 4.19. The Balaban J connectivity index is 2.57. The third-order valence-corrected chi connectivity index (χ3v) is 4.47. The molecule has 0 saturated heterocycles. The minimum absolute atomic E-state index is 0.118. The van der Waals surface area contributed by atoms with Gasteiger partial charge in [-0.15, -0.1) is 11.3 Å². The molecular weight excluding hydrogens is 242 g/mol. The lowest BCUT2D eigenvalue weighted by Gasteiger charge is -2.07. The summed E-state index contributed by atoms with van der Waals surface area (Å²) in [6, 6.07) is 11.8. The zero-order chi connectivity index (χ0) is 12.7. The van der Waals surface area contributed by atoms with E-state index in [1.165, 1.54) is 0 Å². The van der Waals surface area contributed by atoms with Crippen molar-refractivity contribution in [1.82, 2.24) is 0 Å². The van der Waals surface area contributed by atoms with Crippen molar-refractivity contribution in [3.05, 3.63) is 57.7 Å². The van der Waals surface area contributed by atoms with E-state index in [1.807, 2.05) is 43.3 Å². The van der Waals surface area contributed by atoms with Crippen LogP contribution in [-0.2, 0) is 6.54 Å². The summed E-state index contributed by atoms with van der Waals surface area (Å²) in [5.41, 5.74) is 7.88. The maximum absolute atomic E-state index is 12.5. The molecule has 0 atom stereocenters. The molecule has 0 bridgehead atoms. The number of hydrogen-bond donors (Lipinski definition) is 1. The standard InChI is InChI=1S/C15H13NOS/c1-9-10(8-16)6-7-13-14(9)15(17)11-4-2-3-5-12(11)18-13/h2-7H,8,16H2,1H3. The first-order valence-corrected chi connectivity index (χ1v) is 6.68. The Kier molecular flexibility index (Phi) is 2.65. The van der Waals surface area contributed by atoms with E-state index >= 15 is 0 Å². The maximum atomic E-state index is 12.5. The van der Waals surface area contributed by atoms with E-state index < -0.39 is 0 Å². The zero-order valence-corrected chi connectivity index (χ0v) is 10.9. The summed E-state index contributed by atoms with van der Waals surface area (Å²) < 4.78 is 2.07. The van der Waals surface area contributed by atoms with Crippen LogP contribution in [-0.4, -0.2) is 0 Å². The van der Waals surface area contributed by atoms with Gasteiger partial charge in [0.05, 0.1) is 0 Å². The van der Waals surface area contributed by atoms with Crippen molar-refractivity contribution >= 4 is 31.5 Å². The Morgan fingerprint density at radius 2 is 1.89 bits per heavy atom. The first-order chi connectivity index (χ1) is 8.72. The van der Waals surface area contributed by atoms with Gasteiger partial charge >= 0.3 is 0 Å². The molecule has 2 nitrogen and oxygen atoms in total. The molecule has 0 fully saturated rings. The van der Waals surface area contributed by atoms with Gasteiger partial charge in [0.15, 0.2) is 5.43 Å². The second-order valence-corrected chi connectivity index (χ2v) is 5.44. The molecular formula is C15H13NOS. The predicted molar refractivity (Wildman–Crippen MR) is 78.2 cm³/mol. The molecule has 2 aromatic carbocycles. The Hall–Kier alpha value is -1.71. The van der Waals surface area contributed by atoms with E-state index in [4.69, 9.17) is 5.73 Å². The molecule has 0 aliphatic rings. The Morgan fingerprint density at radius 1 is 1.11 bits per heavy atom. The Labute approximate surface area is 109 Å². The zero-order valence-electron chi connectivity index (χ0n) is 10.1.